The van der Waals surface area contributed by atoms with Gasteiger partial charge in [0.1, 0.15) is 48.4 Å². The predicted octanol–water partition coefficient (Wildman–Crippen LogP) is -0.229. The standard InChI is InChI=1S/C38H65N9O9/c1-10-23(8)30(39-19-48)34(51)45-31-24(9)56-38(55)28-14-12-16-41-47(28)36(53)26(18-21(4)5)43-33(50)27-13-11-15-40-46(27)37(54)29(22(6)7)44-32(49)25(17-20(2)3)42-35(31)52/h19-31,40-41H,10-18H2,1-9H3,(H,39,48)(H,42,52)(H,43,50)(H,44,49)(H,45,51)/t23-,24+,25-,26+,27-,28-,29-,30+,31+/m0/s1. The molecule has 0 aliphatic carbocycles. The minimum atomic E-state index is -1.55. The zero-order chi connectivity index (χ0) is 41.9. The number of amides is 7. The summed E-state index contributed by atoms with van der Waals surface area (Å²) in [6.45, 7) is 16.7. The van der Waals surface area contributed by atoms with E-state index in [0.29, 0.717) is 45.2 Å². The van der Waals surface area contributed by atoms with E-state index in [1.807, 2.05) is 34.6 Å². The molecule has 0 aromatic carbocycles. The molecule has 0 unspecified atom stereocenters. The number of rotatable bonds is 11. The van der Waals surface area contributed by atoms with Crippen LogP contribution in [0.4, 0.5) is 0 Å². The highest BCUT2D eigenvalue weighted by Gasteiger charge is 2.44. The van der Waals surface area contributed by atoms with E-state index in [1.165, 1.54) is 16.9 Å². The van der Waals surface area contributed by atoms with E-state index in [9.17, 15) is 38.4 Å². The summed E-state index contributed by atoms with van der Waals surface area (Å²) in [7, 11) is 0. The van der Waals surface area contributed by atoms with Crippen LogP contribution in [0.25, 0.3) is 0 Å². The Morgan fingerprint density at radius 3 is 1.89 bits per heavy atom. The van der Waals surface area contributed by atoms with Crippen molar-refractivity contribution >= 4 is 47.8 Å². The van der Waals surface area contributed by atoms with Crippen molar-refractivity contribution in [2.24, 2.45) is 23.7 Å². The summed E-state index contributed by atoms with van der Waals surface area (Å²) in [5.74, 6) is -5.76. The summed E-state index contributed by atoms with van der Waals surface area (Å²) in [6, 6.07) is -8.15. The topological polar surface area (TPSA) is 236 Å². The Morgan fingerprint density at radius 2 is 1.34 bits per heavy atom. The zero-order valence-corrected chi connectivity index (χ0v) is 34.4. The van der Waals surface area contributed by atoms with Crippen LogP contribution >= 0.6 is 0 Å². The van der Waals surface area contributed by atoms with Crippen molar-refractivity contribution < 1.29 is 43.1 Å². The van der Waals surface area contributed by atoms with Crippen molar-refractivity contribution in [3.8, 4) is 0 Å². The van der Waals surface area contributed by atoms with Gasteiger partial charge in [-0.2, -0.15) is 0 Å². The Kier molecular flexibility index (Phi) is 17.5. The maximum absolute atomic E-state index is 14.3. The van der Waals surface area contributed by atoms with Gasteiger partial charge in [-0.15, -0.1) is 0 Å². The van der Waals surface area contributed by atoms with E-state index >= 15 is 0 Å². The molecule has 0 radical (unpaired) electrons. The molecule has 316 valence electrons. The highest BCUT2D eigenvalue weighted by molar-refractivity contribution is 5.97. The Labute approximate surface area is 330 Å². The zero-order valence-electron chi connectivity index (χ0n) is 34.4. The summed E-state index contributed by atoms with van der Waals surface area (Å²) in [5.41, 5.74) is 6.02. The third-order valence-electron chi connectivity index (χ3n) is 10.5. The van der Waals surface area contributed by atoms with Gasteiger partial charge in [0, 0.05) is 13.1 Å². The molecule has 0 aromatic heterocycles. The summed E-state index contributed by atoms with van der Waals surface area (Å²) in [5, 5.41) is 15.9. The number of hydrogen-bond donors (Lipinski definition) is 7. The second-order valence-corrected chi connectivity index (χ2v) is 16.4. The number of fused-ring (bicyclic) bond motifs is 2. The van der Waals surface area contributed by atoms with Crippen molar-refractivity contribution in [3.05, 3.63) is 0 Å². The van der Waals surface area contributed by atoms with E-state index in [-0.39, 0.29) is 37.0 Å². The molecule has 3 fully saturated rings. The largest absolute Gasteiger partial charge is 0.458 e. The first-order valence-electron chi connectivity index (χ1n) is 20.2. The fourth-order valence-corrected chi connectivity index (χ4v) is 7.19. The van der Waals surface area contributed by atoms with Crippen LogP contribution in [-0.4, -0.2) is 119 Å². The Morgan fingerprint density at radius 1 is 0.786 bits per heavy atom. The molecule has 3 saturated heterocycles. The number of ether oxygens (including phenoxy) is 1. The molecule has 3 aliphatic rings. The lowest BCUT2D eigenvalue weighted by Gasteiger charge is -2.40. The van der Waals surface area contributed by atoms with Crippen molar-refractivity contribution in [1.82, 2.24) is 47.5 Å². The van der Waals surface area contributed by atoms with Gasteiger partial charge < -0.3 is 31.3 Å². The summed E-state index contributed by atoms with van der Waals surface area (Å²) in [4.78, 5) is 110. The third kappa shape index (κ3) is 12.1. The maximum atomic E-state index is 14.3. The van der Waals surface area contributed by atoms with E-state index in [0.717, 1.165) is 0 Å². The van der Waals surface area contributed by atoms with Gasteiger partial charge >= 0.3 is 5.97 Å². The lowest BCUT2D eigenvalue weighted by atomic mass is 9.97. The highest BCUT2D eigenvalue weighted by atomic mass is 16.5. The SMILES string of the molecule is CC[C@H](C)[C@@H](NC=O)C(=O)N[C@H]1C(=O)N[C@@H](CC(C)C)C(=O)N[C@@H](C(C)C)C(=O)N2NCCC[C@H]2C(=O)N[C@H](CC(C)C)C(=O)N2NCCC[C@H]2C(=O)O[C@@H]1C. The average molecular weight is 792 g/mol. The molecule has 18 nitrogen and oxygen atoms in total. The number of cyclic esters (lactones) is 1. The lowest BCUT2D eigenvalue weighted by Crippen LogP contribution is -2.66. The van der Waals surface area contributed by atoms with Crippen LogP contribution in [0.3, 0.4) is 0 Å². The predicted molar refractivity (Wildman–Crippen MR) is 205 cm³/mol. The molecule has 0 saturated carbocycles. The smallest absolute Gasteiger partial charge is 0.330 e. The molecule has 0 aromatic rings. The molecular formula is C38H65N9O9. The molecular weight excluding hydrogens is 726 g/mol. The highest BCUT2D eigenvalue weighted by Crippen LogP contribution is 2.21. The van der Waals surface area contributed by atoms with Crippen molar-refractivity contribution in [1.29, 1.82) is 0 Å². The van der Waals surface area contributed by atoms with E-state index in [2.05, 4.69) is 37.4 Å². The average Bonchev–Trinajstić information content (AvgIpc) is 3.15. The van der Waals surface area contributed by atoms with Gasteiger partial charge in [-0.3, -0.25) is 43.6 Å². The fraction of sp³-hybridized carbons (Fsp3) is 0.789. The molecule has 9 atom stereocenters. The number of carbonyl (C=O) groups excluding carboxylic acids is 8. The van der Waals surface area contributed by atoms with Gasteiger partial charge in [0.2, 0.25) is 30.0 Å². The molecule has 3 heterocycles. The fourth-order valence-electron chi connectivity index (χ4n) is 7.19. The summed E-state index contributed by atoms with van der Waals surface area (Å²) >= 11 is 0. The van der Waals surface area contributed by atoms with Gasteiger partial charge in [0.25, 0.3) is 11.8 Å². The van der Waals surface area contributed by atoms with Crippen LogP contribution in [0.15, 0.2) is 0 Å². The summed E-state index contributed by atoms with van der Waals surface area (Å²) in [6.07, 6.45) is 1.49. The Bertz CT molecular complexity index is 1430. The summed E-state index contributed by atoms with van der Waals surface area (Å²) < 4.78 is 5.87. The first-order valence-corrected chi connectivity index (χ1v) is 20.2. The molecule has 18 heteroatoms. The Hall–Kier alpha value is -4.32. The number of hydrazine groups is 2. The van der Waals surface area contributed by atoms with E-state index in [4.69, 9.17) is 4.74 Å². The van der Waals surface area contributed by atoms with Crippen LogP contribution in [-0.2, 0) is 43.1 Å². The quantitative estimate of drug-likeness (QED) is 0.107. The normalized spacial score (nSPS) is 28.8. The van der Waals surface area contributed by atoms with Gasteiger partial charge in [-0.25, -0.2) is 15.6 Å². The Balaban J connectivity index is 2.17. The number of nitrogens with zero attached hydrogens (tertiary/aromatic N) is 2. The van der Waals surface area contributed by atoms with Gasteiger partial charge in [0.05, 0.1) is 0 Å². The third-order valence-corrected chi connectivity index (χ3v) is 10.5. The van der Waals surface area contributed by atoms with Crippen LogP contribution in [0.2, 0.25) is 0 Å². The number of nitrogens with one attached hydrogen (secondary N) is 7. The maximum Gasteiger partial charge on any atom is 0.330 e. The van der Waals surface area contributed by atoms with Crippen molar-refractivity contribution in [2.45, 2.75) is 156 Å². The first kappa shape index (κ1) is 46.1. The number of esters is 1. The second-order valence-electron chi connectivity index (χ2n) is 16.4. The molecule has 7 amide bonds. The van der Waals surface area contributed by atoms with E-state index in [1.54, 1.807) is 20.8 Å². The van der Waals surface area contributed by atoms with E-state index < -0.39 is 95.7 Å². The minimum absolute atomic E-state index is 0.0570. The van der Waals surface area contributed by atoms with Crippen molar-refractivity contribution in [2.75, 3.05) is 13.1 Å². The molecule has 56 heavy (non-hydrogen) atoms. The lowest BCUT2D eigenvalue weighted by molar-refractivity contribution is -0.167. The van der Waals surface area contributed by atoms with Crippen LogP contribution in [0, 0.1) is 23.7 Å². The van der Waals surface area contributed by atoms with Gasteiger partial charge in [-0.05, 0) is 69.1 Å². The number of hydrogen-bond acceptors (Lipinski definition) is 11. The van der Waals surface area contributed by atoms with Crippen molar-refractivity contribution in [3.63, 3.8) is 0 Å². The monoisotopic (exact) mass is 791 g/mol. The molecule has 0 spiro atoms. The minimum Gasteiger partial charge on any atom is -0.458 e. The van der Waals surface area contributed by atoms with Gasteiger partial charge in [-0.1, -0.05) is 61.8 Å². The molecule has 0 bridgehead atoms. The molecule has 3 rings (SSSR count). The van der Waals surface area contributed by atoms with Crippen LogP contribution in [0.5, 0.6) is 0 Å². The molecule has 3 aliphatic heterocycles. The number of carbonyl (C=O) groups is 8. The van der Waals surface area contributed by atoms with Crippen LogP contribution < -0.4 is 37.4 Å². The second kappa shape index (κ2) is 21.3. The molecule has 7 N–H and O–H groups in total. The van der Waals surface area contributed by atoms with Gasteiger partial charge in [0.15, 0.2) is 0 Å². The van der Waals surface area contributed by atoms with Crippen LogP contribution in [0.1, 0.15) is 107 Å². The first-order chi connectivity index (χ1) is 26.4.